The molecule has 4 rings (SSSR count). The molecule has 1 heterocycles. The molecule has 4 nitrogen and oxygen atoms in total. The first-order valence-corrected chi connectivity index (χ1v) is 12.8. The minimum atomic E-state index is -0.255. The number of carbonyl (C=O) groups is 1. The van der Waals surface area contributed by atoms with Gasteiger partial charge in [-0.1, -0.05) is 80.5 Å². The summed E-state index contributed by atoms with van der Waals surface area (Å²) < 4.78 is 6.88. The second kappa shape index (κ2) is 10.8. The van der Waals surface area contributed by atoms with Gasteiger partial charge in [0.15, 0.2) is 5.13 Å². The number of carbonyl (C=O) groups excluding carboxylic acids is 1. The van der Waals surface area contributed by atoms with E-state index >= 15 is 0 Å². The van der Waals surface area contributed by atoms with E-state index in [9.17, 15) is 4.79 Å². The Kier molecular flexibility index (Phi) is 7.63. The van der Waals surface area contributed by atoms with Crippen molar-refractivity contribution in [3.8, 4) is 11.1 Å². The van der Waals surface area contributed by atoms with Crippen LogP contribution in [0.5, 0.6) is 0 Å². The Bertz CT molecular complexity index is 1250. The maximum Gasteiger partial charge on any atom is 0.309 e. The lowest BCUT2D eigenvalue weighted by molar-refractivity contribution is -0.153. The number of unbranched alkanes of at least 4 members (excludes halogenated alkanes) is 1. The van der Waals surface area contributed by atoms with Crippen molar-refractivity contribution in [2.45, 2.75) is 53.1 Å². The van der Waals surface area contributed by atoms with E-state index in [2.05, 4.69) is 78.7 Å². The average Bonchev–Trinajstić information content (AvgIpc) is 3.24. The summed E-state index contributed by atoms with van der Waals surface area (Å²) in [6, 6.07) is 22.9. The highest BCUT2D eigenvalue weighted by Crippen LogP contribution is 2.30. The van der Waals surface area contributed by atoms with Gasteiger partial charge >= 0.3 is 5.97 Å². The molecule has 0 aliphatic heterocycles. The maximum absolute atomic E-state index is 12.3. The molecule has 0 bridgehead atoms. The summed E-state index contributed by atoms with van der Waals surface area (Å²) in [5, 5.41) is 4.31. The van der Waals surface area contributed by atoms with Crippen LogP contribution in [0.3, 0.4) is 0 Å². The molecule has 2 atom stereocenters. The quantitative estimate of drug-likeness (QED) is 0.248. The van der Waals surface area contributed by atoms with Crippen LogP contribution >= 0.6 is 11.3 Å². The smallest absolute Gasteiger partial charge is 0.309 e. The molecule has 3 aromatic carbocycles. The summed E-state index contributed by atoms with van der Waals surface area (Å²) in [7, 11) is 0. The van der Waals surface area contributed by atoms with Gasteiger partial charge in [0.1, 0.15) is 6.10 Å². The molecule has 5 heteroatoms. The third-order valence-corrected chi connectivity index (χ3v) is 7.01. The summed E-state index contributed by atoms with van der Waals surface area (Å²) in [6.07, 6.45) is 2.76. The van der Waals surface area contributed by atoms with Gasteiger partial charge in [0.2, 0.25) is 0 Å². The lowest BCUT2D eigenvalue weighted by Crippen LogP contribution is -2.17. The van der Waals surface area contributed by atoms with E-state index in [1.807, 2.05) is 26.0 Å². The van der Waals surface area contributed by atoms with Gasteiger partial charge in [0, 0.05) is 5.69 Å². The zero-order valence-corrected chi connectivity index (χ0v) is 21.1. The highest BCUT2D eigenvalue weighted by Gasteiger charge is 2.18. The normalized spacial score (nSPS) is 12.9. The van der Waals surface area contributed by atoms with Crippen molar-refractivity contribution in [2.24, 2.45) is 5.92 Å². The lowest BCUT2D eigenvalue weighted by atomic mass is 10.0. The lowest BCUT2D eigenvalue weighted by Gasteiger charge is -2.17. The Morgan fingerprint density at radius 2 is 1.68 bits per heavy atom. The fourth-order valence-corrected chi connectivity index (χ4v) is 4.87. The molecule has 0 fully saturated rings. The highest BCUT2D eigenvalue weighted by molar-refractivity contribution is 7.22. The van der Waals surface area contributed by atoms with Gasteiger partial charge < -0.3 is 10.1 Å². The predicted octanol–water partition coefficient (Wildman–Crippen LogP) is 8.45. The Hall–Kier alpha value is -3.18. The molecule has 0 saturated heterocycles. The van der Waals surface area contributed by atoms with Crippen LogP contribution in [0.1, 0.15) is 57.3 Å². The van der Waals surface area contributed by atoms with Crippen LogP contribution in [0, 0.1) is 12.8 Å². The second-order valence-electron chi connectivity index (χ2n) is 8.94. The Balaban J connectivity index is 1.38. The van der Waals surface area contributed by atoms with Gasteiger partial charge in [0.25, 0.3) is 0 Å². The molecule has 0 spiro atoms. The number of rotatable bonds is 9. The van der Waals surface area contributed by atoms with Gasteiger partial charge in [-0.3, -0.25) is 4.79 Å². The molecule has 2 unspecified atom stereocenters. The number of ether oxygens (including phenoxy) is 1. The van der Waals surface area contributed by atoms with Crippen molar-refractivity contribution < 1.29 is 9.53 Å². The Morgan fingerprint density at radius 1 is 1.00 bits per heavy atom. The van der Waals surface area contributed by atoms with Crippen molar-refractivity contribution in [1.29, 1.82) is 0 Å². The molecule has 1 aromatic heterocycles. The monoisotopic (exact) mass is 472 g/mol. The first-order chi connectivity index (χ1) is 16.4. The van der Waals surface area contributed by atoms with Gasteiger partial charge in [0.05, 0.1) is 16.1 Å². The van der Waals surface area contributed by atoms with Crippen molar-refractivity contribution >= 4 is 38.3 Å². The van der Waals surface area contributed by atoms with E-state index in [-0.39, 0.29) is 18.0 Å². The standard InChI is InChI=1S/C29H32N2O2S/c1-5-6-7-20(3)28(32)33-21(4)22-9-11-23(12-10-22)24-13-15-25(16-14-24)30-29-31-26-17-8-19(2)18-27(26)34-29/h8-18,20-21H,5-7H2,1-4H3,(H,30,31). The second-order valence-corrected chi connectivity index (χ2v) is 9.97. The number of aryl methyl sites for hydroxylation is 1. The SMILES string of the molecule is CCCCC(C)C(=O)OC(C)c1ccc(-c2ccc(Nc3nc4ccc(C)cc4s3)cc2)cc1. The van der Waals surface area contributed by atoms with Gasteiger partial charge in [-0.05, 0) is 66.8 Å². The van der Waals surface area contributed by atoms with E-state index < -0.39 is 0 Å². The number of nitrogens with zero attached hydrogens (tertiary/aromatic N) is 1. The minimum Gasteiger partial charge on any atom is -0.458 e. The van der Waals surface area contributed by atoms with Crippen LogP contribution in [0.4, 0.5) is 10.8 Å². The third kappa shape index (κ3) is 5.84. The Labute approximate surface area is 206 Å². The number of anilines is 2. The molecule has 34 heavy (non-hydrogen) atoms. The molecule has 176 valence electrons. The summed E-state index contributed by atoms with van der Waals surface area (Å²) in [5.74, 6) is -0.169. The summed E-state index contributed by atoms with van der Waals surface area (Å²) in [4.78, 5) is 17.0. The van der Waals surface area contributed by atoms with E-state index in [0.717, 1.165) is 52.3 Å². The molecule has 0 aliphatic carbocycles. The number of hydrogen-bond donors (Lipinski definition) is 1. The number of nitrogens with one attached hydrogen (secondary N) is 1. The molecular weight excluding hydrogens is 440 g/mol. The maximum atomic E-state index is 12.3. The van der Waals surface area contributed by atoms with Crippen LogP contribution in [0.2, 0.25) is 0 Å². The summed E-state index contributed by atoms with van der Waals surface area (Å²) >= 11 is 1.66. The topological polar surface area (TPSA) is 51.2 Å². The molecule has 4 aromatic rings. The van der Waals surface area contributed by atoms with Crippen molar-refractivity contribution in [3.63, 3.8) is 0 Å². The fraction of sp³-hybridized carbons (Fsp3) is 0.310. The van der Waals surface area contributed by atoms with E-state index in [4.69, 9.17) is 4.74 Å². The van der Waals surface area contributed by atoms with E-state index in [0.29, 0.717) is 0 Å². The Morgan fingerprint density at radius 3 is 2.35 bits per heavy atom. The largest absolute Gasteiger partial charge is 0.458 e. The number of aromatic nitrogens is 1. The van der Waals surface area contributed by atoms with Crippen LogP contribution in [0.15, 0.2) is 66.7 Å². The van der Waals surface area contributed by atoms with Crippen LogP contribution in [-0.4, -0.2) is 11.0 Å². The molecule has 0 saturated carbocycles. The molecular formula is C29H32N2O2S. The van der Waals surface area contributed by atoms with Gasteiger partial charge in [-0.2, -0.15) is 0 Å². The summed E-state index contributed by atoms with van der Waals surface area (Å²) in [5.41, 5.74) is 6.53. The number of esters is 1. The van der Waals surface area contributed by atoms with E-state index in [1.54, 1.807) is 11.3 Å². The zero-order chi connectivity index (χ0) is 24.1. The number of fused-ring (bicyclic) bond motifs is 1. The average molecular weight is 473 g/mol. The fourth-order valence-electron chi connectivity index (χ4n) is 3.89. The van der Waals surface area contributed by atoms with Gasteiger partial charge in [-0.15, -0.1) is 0 Å². The number of hydrogen-bond acceptors (Lipinski definition) is 5. The number of benzene rings is 3. The van der Waals surface area contributed by atoms with Crippen LogP contribution < -0.4 is 5.32 Å². The first-order valence-electron chi connectivity index (χ1n) is 12.0. The molecule has 1 N–H and O–H groups in total. The van der Waals surface area contributed by atoms with Crippen molar-refractivity contribution in [1.82, 2.24) is 4.98 Å². The minimum absolute atomic E-state index is 0.0549. The van der Waals surface area contributed by atoms with Gasteiger partial charge in [-0.25, -0.2) is 4.98 Å². The first kappa shape index (κ1) is 24.0. The number of thiazole rings is 1. The molecule has 0 aliphatic rings. The molecule has 0 radical (unpaired) electrons. The van der Waals surface area contributed by atoms with Crippen molar-refractivity contribution in [2.75, 3.05) is 5.32 Å². The third-order valence-electron chi connectivity index (χ3n) is 6.08. The van der Waals surface area contributed by atoms with Crippen LogP contribution in [0.25, 0.3) is 21.3 Å². The predicted molar refractivity (Wildman–Crippen MR) is 143 cm³/mol. The summed E-state index contributed by atoms with van der Waals surface area (Å²) in [6.45, 7) is 8.11. The van der Waals surface area contributed by atoms with Crippen molar-refractivity contribution in [3.05, 3.63) is 77.9 Å². The van der Waals surface area contributed by atoms with E-state index in [1.165, 1.54) is 10.3 Å². The zero-order valence-electron chi connectivity index (χ0n) is 20.3. The van der Waals surface area contributed by atoms with Crippen LogP contribution in [-0.2, 0) is 9.53 Å². The molecule has 0 amide bonds. The highest BCUT2D eigenvalue weighted by atomic mass is 32.1.